The van der Waals surface area contributed by atoms with Crippen molar-refractivity contribution in [2.45, 2.75) is 34.1 Å². The van der Waals surface area contributed by atoms with Crippen LogP contribution in [-0.4, -0.2) is 24.0 Å². The number of hydrogen-bond acceptors (Lipinski definition) is 4. The number of carbonyl (C=O) groups is 1. The Morgan fingerprint density at radius 2 is 1.50 bits per heavy atom. The Morgan fingerprint density at radius 1 is 0.900 bits per heavy atom. The highest BCUT2D eigenvalue weighted by molar-refractivity contribution is 6.10. The zero-order valence-corrected chi connectivity index (χ0v) is 18.2. The van der Waals surface area contributed by atoms with Crippen LogP contribution in [0, 0.1) is 27.7 Å². The smallest absolute Gasteiger partial charge is 0.259 e. The van der Waals surface area contributed by atoms with Gasteiger partial charge in [-0.3, -0.25) is 9.78 Å². The maximum Gasteiger partial charge on any atom is 0.259 e. The number of nitrogens with one attached hydrogen (secondary N) is 2. The molecule has 0 atom stereocenters. The maximum absolute atomic E-state index is 13.2. The number of aromatic nitrogens is 1. The average Bonchev–Trinajstić information content (AvgIpc) is 2.66. The SMILES string of the molecule is Cc1cc(C)cc(NC(=O)c2cncc(-c3cc(C)cc(C)c3)c2NCCCN)c1. The second-order valence-corrected chi connectivity index (χ2v) is 7.89. The van der Waals surface area contributed by atoms with E-state index in [2.05, 4.69) is 53.7 Å². The lowest BCUT2D eigenvalue weighted by atomic mass is 9.98. The van der Waals surface area contributed by atoms with Gasteiger partial charge in [-0.1, -0.05) is 35.4 Å². The van der Waals surface area contributed by atoms with E-state index in [4.69, 9.17) is 5.73 Å². The minimum absolute atomic E-state index is 0.186. The predicted octanol–water partition coefficient (Wildman–Crippen LogP) is 5.00. The van der Waals surface area contributed by atoms with Gasteiger partial charge in [-0.25, -0.2) is 0 Å². The van der Waals surface area contributed by atoms with Crippen molar-refractivity contribution in [3.63, 3.8) is 0 Å². The summed E-state index contributed by atoms with van der Waals surface area (Å²) in [7, 11) is 0. The average molecular weight is 403 g/mol. The van der Waals surface area contributed by atoms with Gasteiger partial charge in [0.05, 0.1) is 11.3 Å². The lowest BCUT2D eigenvalue weighted by Gasteiger charge is -2.17. The van der Waals surface area contributed by atoms with Gasteiger partial charge in [-0.15, -0.1) is 0 Å². The van der Waals surface area contributed by atoms with Crippen LogP contribution in [0.5, 0.6) is 0 Å². The fourth-order valence-corrected chi connectivity index (χ4v) is 3.73. The molecule has 0 aliphatic rings. The number of anilines is 2. The Labute approximate surface area is 178 Å². The molecular formula is C25H30N4O. The number of pyridine rings is 1. The minimum Gasteiger partial charge on any atom is -0.384 e. The van der Waals surface area contributed by atoms with E-state index in [1.54, 1.807) is 6.20 Å². The first-order chi connectivity index (χ1) is 14.4. The topological polar surface area (TPSA) is 80.0 Å². The van der Waals surface area contributed by atoms with E-state index in [1.807, 2.05) is 32.2 Å². The second-order valence-electron chi connectivity index (χ2n) is 7.89. The molecule has 0 saturated heterocycles. The third-order valence-electron chi connectivity index (χ3n) is 4.89. The highest BCUT2D eigenvalue weighted by atomic mass is 16.1. The van der Waals surface area contributed by atoms with Crippen LogP contribution in [0.1, 0.15) is 39.0 Å². The van der Waals surface area contributed by atoms with Crippen molar-refractivity contribution < 1.29 is 4.79 Å². The fraction of sp³-hybridized carbons (Fsp3) is 0.280. The molecule has 0 fully saturated rings. The van der Waals surface area contributed by atoms with Crippen LogP contribution in [0.15, 0.2) is 48.8 Å². The Morgan fingerprint density at radius 3 is 2.10 bits per heavy atom. The van der Waals surface area contributed by atoms with Crippen LogP contribution in [0.2, 0.25) is 0 Å². The molecule has 0 aliphatic carbocycles. The molecule has 1 aromatic heterocycles. The summed E-state index contributed by atoms with van der Waals surface area (Å²) >= 11 is 0. The first-order valence-corrected chi connectivity index (χ1v) is 10.3. The van der Waals surface area contributed by atoms with Crippen molar-refractivity contribution >= 4 is 17.3 Å². The van der Waals surface area contributed by atoms with Crippen molar-refractivity contribution in [1.29, 1.82) is 0 Å². The van der Waals surface area contributed by atoms with E-state index in [0.29, 0.717) is 18.7 Å². The molecule has 0 unspecified atom stereocenters. The summed E-state index contributed by atoms with van der Waals surface area (Å²) in [6.45, 7) is 9.45. The second kappa shape index (κ2) is 9.55. The molecule has 0 saturated carbocycles. The minimum atomic E-state index is -0.186. The zero-order valence-electron chi connectivity index (χ0n) is 18.2. The fourth-order valence-electron chi connectivity index (χ4n) is 3.73. The van der Waals surface area contributed by atoms with Gasteiger partial charge in [0.15, 0.2) is 0 Å². The molecule has 3 aromatic rings. The van der Waals surface area contributed by atoms with E-state index in [0.717, 1.165) is 40.0 Å². The van der Waals surface area contributed by atoms with Crippen molar-refractivity contribution in [1.82, 2.24) is 4.98 Å². The predicted molar refractivity (Wildman–Crippen MR) is 125 cm³/mol. The van der Waals surface area contributed by atoms with E-state index in [-0.39, 0.29) is 5.91 Å². The summed E-state index contributed by atoms with van der Waals surface area (Å²) in [5.74, 6) is -0.186. The monoisotopic (exact) mass is 402 g/mol. The highest BCUT2D eigenvalue weighted by Gasteiger charge is 2.17. The van der Waals surface area contributed by atoms with Crippen LogP contribution < -0.4 is 16.4 Å². The van der Waals surface area contributed by atoms with Gasteiger partial charge in [0.2, 0.25) is 0 Å². The Kier molecular flexibility index (Phi) is 6.85. The number of hydrogen-bond donors (Lipinski definition) is 3. The third kappa shape index (κ3) is 5.24. The standard InChI is InChI=1S/C25H30N4O/c1-16-8-17(2)11-20(10-16)22-14-27-15-23(24(22)28-7-5-6-26)25(30)29-21-12-18(3)9-19(4)13-21/h8-15H,5-7,26H2,1-4H3,(H,27,28)(H,29,30). The molecule has 4 N–H and O–H groups in total. The van der Waals surface area contributed by atoms with E-state index in [9.17, 15) is 4.79 Å². The summed E-state index contributed by atoms with van der Waals surface area (Å²) in [4.78, 5) is 17.6. The Bertz CT molecular complexity index is 1020. The number of rotatable bonds is 7. The van der Waals surface area contributed by atoms with E-state index < -0.39 is 0 Å². The lowest BCUT2D eigenvalue weighted by molar-refractivity contribution is 0.102. The summed E-state index contributed by atoms with van der Waals surface area (Å²) < 4.78 is 0. The largest absolute Gasteiger partial charge is 0.384 e. The molecule has 5 heteroatoms. The highest BCUT2D eigenvalue weighted by Crippen LogP contribution is 2.32. The number of nitrogens with zero attached hydrogens (tertiary/aromatic N) is 1. The molecule has 5 nitrogen and oxygen atoms in total. The summed E-state index contributed by atoms with van der Waals surface area (Å²) in [5.41, 5.74) is 14.3. The van der Waals surface area contributed by atoms with Crippen molar-refractivity contribution in [3.05, 3.63) is 76.6 Å². The van der Waals surface area contributed by atoms with Gasteiger partial charge in [-0.2, -0.15) is 0 Å². The van der Waals surface area contributed by atoms with E-state index in [1.165, 1.54) is 11.1 Å². The number of amides is 1. The van der Waals surface area contributed by atoms with Gasteiger partial charge in [0.1, 0.15) is 0 Å². The first-order valence-electron chi connectivity index (χ1n) is 10.3. The lowest BCUT2D eigenvalue weighted by Crippen LogP contribution is -2.17. The van der Waals surface area contributed by atoms with Gasteiger partial charge in [-0.05, 0) is 69.5 Å². The maximum atomic E-state index is 13.2. The third-order valence-corrected chi connectivity index (χ3v) is 4.89. The summed E-state index contributed by atoms with van der Waals surface area (Å²) in [5, 5.41) is 6.46. The van der Waals surface area contributed by atoms with Crippen LogP contribution >= 0.6 is 0 Å². The number of nitrogens with two attached hydrogens (primary N) is 1. The van der Waals surface area contributed by atoms with Crippen LogP contribution in [0.25, 0.3) is 11.1 Å². The molecule has 0 bridgehead atoms. The van der Waals surface area contributed by atoms with Crippen LogP contribution in [0.3, 0.4) is 0 Å². The van der Waals surface area contributed by atoms with Crippen molar-refractivity contribution in [2.24, 2.45) is 5.73 Å². The molecule has 1 heterocycles. The number of benzene rings is 2. The molecule has 2 aromatic carbocycles. The molecular weight excluding hydrogens is 372 g/mol. The number of carbonyl (C=O) groups excluding carboxylic acids is 1. The Balaban J connectivity index is 2.03. The van der Waals surface area contributed by atoms with Crippen LogP contribution in [-0.2, 0) is 0 Å². The molecule has 0 radical (unpaired) electrons. The van der Waals surface area contributed by atoms with Gasteiger partial charge >= 0.3 is 0 Å². The molecule has 0 spiro atoms. The summed E-state index contributed by atoms with van der Waals surface area (Å²) in [6.07, 6.45) is 4.24. The quantitative estimate of drug-likeness (QED) is 0.486. The molecule has 1 amide bonds. The van der Waals surface area contributed by atoms with Crippen molar-refractivity contribution in [2.75, 3.05) is 23.7 Å². The zero-order chi connectivity index (χ0) is 21.7. The number of aryl methyl sites for hydroxylation is 4. The molecule has 0 aliphatic heterocycles. The van der Waals surface area contributed by atoms with Gasteiger partial charge < -0.3 is 16.4 Å². The molecule has 30 heavy (non-hydrogen) atoms. The summed E-state index contributed by atoms with van der Waals surface area (Å²) in [6, 6.07) is 12.4. The van der Waals surface area contributed by atoms with Crippen LogP contribution in [0.4, 0.5) is 11.4 Å². The van der Waals surface area contributed by atoms with Gasteiger partial charge in [0, 0.05) is 30.2 Å². The van der Waals surface area contributed by atoms with E-state index >= 15 is 0 Å². The molecule has 156 valence electrons. The van der Waals surface area contributed by atoms with Crippen molar-refractivity contribution in [3.8, 4) is 11.1 Å². The first kappa shape index (κ1) is 21.5. The Hall–Kier alpha value is -3.18. The molecule has 3 rings (SSSR count). The normalized spacial score (nSPS) is 10.7. The van der Waals surface area contributed by atoms with Gasteiger partial charge in [0.25, 0.3) is 5.91 Å².